The zero-order valence-electron chi connectivity index (χ0n) is 17.8. The molecule has 1 amide bonds. The van der Waals surface area contributed by atoms with Crippen LogP contribution in [0.3, 0.4) is 0 Å². The van der Waals surface area contributed by atoms with Crippen molar-refractivity contribution in [3.8, 4) is 0 Å². The van der Waals surface area contributed by atoms with Crippen LogP contribution in [0.2, 0.25) is 0 Å². The third kappa shape index (κ3) is 7.00. The van der Waals surface area contributed by atoms with E-state index in [1.807, 2.05) is 53.6 Å². The summed E-state index contributed by atoms with van der Waals surface area (Å²) in [6, 6.07) is 13.4. The van der Waals surface area contributed by atoms with E-state index in [2.05, 4.69) is 4.98 Å². The lowest BCUT2D eigenvalue weighted by atomic mass is 9.87. The molecule has 2 saturated heterocycles. The molecule has 1 aromatic carbocycles. The van der Waals surface area contributed by atoms with Crippen LogP contribution in [0, 0.1) is 0 Å². The van der Waals surface area contributed by atoms with Crippen LogP contribution in [-0.4, -0.2) is 64.4 Å². The molecule has 178 valence electrons. The van der Waals surface area contributed by atoms with E-state index >= 15 is 0 Å². The number of amides is 1. The first-order valence-corrected chi connectivity index (χ1v) is 10.5. The van der Waals surface area contributed by atoms with Gasteiger partial charge in [0.15, 0.2) is 0 Å². The highest BCUT2D eigenvalue weighted by atomic mass is 19.4. The number of halogens is 3. The van der Waals surface area contributed by atoms with Crippen molar-refractivity contribution in [3.05, 3.63) is 66.0 Å². The quantitative estimate of drug-likeness (QED) is 0.739. The van der Waals surface area contributed by atoms with E-state index in [1.165, 1.54) is 0 Å². The van der Waals surface area contributed by atoms with Gasteiger partial charge in [-0.2, -0.15) is 13.2 Å². The number of ether oxygens (including phenoxy) is 2. The molecule has 1 aromatic heterocycles. The fourth-order valence-electron chi connectivity index (χ4n) is 3.84. The third-order valence-electron chi connectivity index (χ3n) is 5.61. The predicted molar refractivity (Wildman–Crippen MR) is 111 cm³/mol. The molecule has 33 heavy (non-hydrogen) atoms. The number of piperidine rings is 1. The van der Waals surface area contributed by atoms with E-state index in [0.29, 0.717) is 13.2 Å². The average molecular weight is 466 g/mol. The van der Waals surface area contributed by atoms with Gasteiger partial charge in [0.1, 0.15) is 0 Å². The zero-order valence-corrected chi connectivity index (χ0v) is 17.8. The van der Waals surface area contributed by atoms with Gasteiger partial charge in [0, 0.05) is 37.5 Å². The summed E-state index contributed by atoms with van der Waals surface area (Å²) in [5, 5.41) is 7.12. The summed E-state index contributed by atoms with van der Waals surface area (Å²) in [6.07, 6.45) is 1.28. The van der Waals surface area contributed by atoms with Crippen molar-refractivity contribution in [2.45, 2.75) is 43.8 Å². The van der Waals surface area contributed by atoms with Gasteiger partial charge in [0.25, 0.3) is 5.91 Å². The van der Waals surface area contributed by atoms with Crippen molar-refractivity contribution < 1.29 is 37.3 Å². The highest BCUT2D eigenvalue weighted by Gasteiger charge is 2.44. The number of carbonyl (C=O) groups is 2. The van der Waals surface area contributed by atoms with Crippen LogP contribution in [-0.2, 0) is 20.9 Å². The van der Waals surface area contributed by atoms with Gasteiger partial charge in [0.2, 0.25) is 0 Å². The Morgan fingerprint density at radius 3 is 2.39 bits per heavy atom. The van der Waals surface area contributed by atoms with Gasteiger partial charge in [-0.1, -0.05) is 24.3 Å². The van der Waals surface area contributed by atoms with Crippen LogP contribution >= 0.6 is 0 Å². The lowest BCUT2D eigenvalue weighted by Gasteiger charge is -2.38. The van der Waals surface area contributed by atoms with Gasteiger partial charge in [-0.25, -0.2) is 4.79 Å². The van der Waals surface area contributed by atoms with E-state index < -0.39 is 12.1 Å². The summed E-state index contributed by atoms with van der Waals surface area (Å²) in [5.41, 5.74) is 1.71. The van der Waals surface area contributed by atoms with Crippen molar-refractivity contribution >= 4 is 11.9 Å². The van der Waals surface area contributed by atoms with Gasteiger partial charge in [0.05, 0.1) is 24.9 Å². The Bertz CT molecular complexity index is 917. The fourth-order valence-corrected chi connectivity index (χ4v) is 3.84. The number of carbonyl (C=O) groups excluding carboxylic acids is 1. The van der Waals surface area contributed by atoms with Gasteiger partial charge in [-0.05, 0) is 36.6 Å². The summed E-state index contributed by atoms with van der Waals surface area (Å²) in [7, 11) is 0. The van der Waals surface area contributed by atoms with E-state index in [4.69, 9.17) is 19.4 Å². The van der Waals surface area contributed by atoms with Crippen molar-refractivity contribution in [3.63, 3.8) is 0 Å². The molecule has 1 spiro atoms. The highest BCUT2D eigenvalue weighted by Crippen LogP contribution is 2.37. The molecule has 0 radical (unpaired) electrons. The van der Waals surface area contributed by atoms with Crippen LogP contribution in [0.25, 0.3) is 0 Å². The van der Waals surface area contributed by atoms with Gasteiger partial charge < -0.3 is 19.5 Å². The number of hydrogen-bond acceptors (Lipinski definition) is 5. The number of aliphatic carboxylic acids is 1. The largest absolute Gasteiger partial charge is 0.490 e. The molecule has 2 fully saturated rings. The molecule has 10 heteroatoms. The first kappa shape index (κ1) is 24.7. The van der Waals surface area contributed by atoms with E-state index in [-0.39, 0.29) is 17.6 Å². The number of hydrogen-bond donors (Lipinski definition) is 1. The molecule has 2 aliphatic rings. The number of carboxylic acid groups (broad SMARTS) is 1. The maximum atomic E-state index is 12.6. The number of rotatable bonds is 4. The van der Waals surface area contributed by atoms with Crippen molar-refractivity contribution in [2.75, 3.05) is 19.7 Å². The zero-order chi connectivity index (χ0) is 23.9. The Hall–Kier alpha value is -2.98. The Balaban J connectivity index is 0.000000383. The second kappa shape index (κ2) is 10.8. The normalized spacial score (nSPS) is 19.6. The predicted octanol–water partition coefficient (Wildman–Crippen LogP) is 3.70. The van der Waals surface area contributed by atoms with Crippen LogP contribution < -0.4 is 0 Å². The minimum atomic E-state index is -5.08. The van der Waals surface area contributed by atoms with Crippen LogP contribution in [0.5, 0.6) is 0 Å². The second-order valence-electron chi connectivity index (χ2n) is 7.95. The van der Waals surface area contributed by atoms with Crippen molar-refractivity contribution in [2.24, 2.45) is 0 Å². The van der Waals surface area contributed by atoms with Crippen molar-refractivity contribution in [1.29, 1.82) is 0 Å². The molecule has 7 nitrogen and oxygen atoms in total. The number of alkyl halides is 3. The van der Waals surface area contributed by atoms with Gasteiger partial charge in [-0.15, -0.1) is 0 Å². The monoisotopic (exact) mass is 466 g/mol. The summed E-state index contributed by atoms with van der Waals surface area (Å²) < 4.78 is 43.9. The Morgan fingerprint density at radius 2 is 1.82 bits per heavy atom. The number of nitrogens with zero attached hydrogens (tertiary/aromatic N) is 2. The molecule has 0 saturated carbocycles. The van der Waals surface area contributed by atoms with Crippen LogP contribution in [0.15, 0.2) is 54.9 Å². The number of pyridine rings is 1. The second-order valence-corrected chi connectivity index (χ2v) is 7.95. The first-order valence-electron chi connectivity index (χ1n) is 10.5. The van der Waals surface area contributed by atoms with E-state index in [0.717, 1.165) is 43.5 Å². The molecule has 0 bridgehead atoms. The minimum absolute atomic E-state index is 0.114. The number of carboxylic acids is 1. The maximum absolute atomic E-state index is 12.6. The molecule has 0 aliphatic carbocycles. The molecule has 4 rings (SSSR count). The standard InChI is InChI=1S/C21H24N2O3.C2HF3O2/c24-20(18-6-2-1-3-7-18)23-11-8-21(9-12-23)13-19(16-26-21)25-15-17-5-4-10-22-14-17;3-2(4,5)1(6)7/h1-7,10,14,19H,8-9,11-13,15-16H2;(H,6,7). The van der Waals surface area contributed by atoms with Gasteiger partial charge in [-0.3, -0.25) is 9.78 Å². The number of aromatic nitrogens is 1. The summed E-state index contributed by atoms with van der Waals surface area (Å²) in [6.45, 7) is 2.68. The smallest absolute Gasteiger partial charge is 0.475 e. The Kier molecular flexibility index (Phi) is 8.04. The summed E-state index contributed by atoms with van der Waals surface area (Å²) >= 11 is 0. The molecule has 1 unspecified atom stereocenters. The highest BCUT2D eigenvalue weighted by molar-refractivity contribution is 5.94. The first-order chi connectivity index (χ1) is 15.7. The van der Waals surface area contributed by atoms with Gasteiger partial charge >= 0.3 is 12.1 Å². The lowest BCUT2D eigenvalue weighted by molar-refractivity contribution is -0.192. The molecule has 3 heterocycles. The summed E-state index contributed by atoms with van der Waals surface area (Å²) in [4.78, 5) is 27.5. The van der Waals surface area contributed by atoms with E-state index in [9.17, 15) is 18.0 Å². The molecular formula is C23H25F3N2O5. The average Bonchev–Trinajstić information content (AvgIpc) is 3.21. The lowest BCUT2D eigenvalue weighted by Crippen LogP contribution is -2.46. The molecule has 1 N–H and O–H groups in total. The number of likely N-dealkylation sites (tertiary alicyclic amines) is 1. The molecule has 2 aliphatic heterocycles. The SMILES string of the molecule is O=C(O)C(F)(F)F.O=C(c1ccccc1)N1CCC2(CC1)CC(OCc1cccnc1)CO2. The fraction of sp³-hybridized carbons (Fsp3) is 0.435. The van der Waals surface area contributed by atoms with Crippen molar-refractivity contribution in [1.82, 2.24) is 9.88 Å². The Morgan fingerprint density at radius 1 is 1.15 bits per heavy atom. The van der Waals surface area contributed by atoms with Crippen LogP contribution in [0.1, 0.15) is 35.2 Å². The topological polar surface area (TPSA) is 89.0 Å². The molecular weight excluding hydrogens is 441 g/mol. The summed E-state index contributed by atoms with van der Waals surface area (Å²) in [5.74, 6) is -2.64. The Labute approximate surface area is 189 Å². The van der Waals surface area contributed by atoms with Crippen LogP contribution in [0.4, 0.5) is 13.2 Å². The minimum Gasteiger partial charge on any atom is -0.475 e. The molecule has 2 aromatic rings. The third-order valence-corrected chi connectivity index (χ3v) is 5.61. The number of benzene rings is 1. The van der Waals surface area contributed by atoms with E-state index in [1.54, 1.807) is 6.20 Å². The maximum Gasteiger partial charge on any atom is 0.490 e. The molecule has 1 atom stereocenters.